The van der Waals surface area contributed by atoms with Crippen LogP contribution in [0.3, 0.4) is 0 Å². The molecule has 0 spiro atoms. The number of aromatic nitrogens is 1. The van der Waals surface area contributed by atoms with E-state index in [4.69, 9.17) is 19.6 Å². The van der Waals surface area contributed by atoms with Crippen LogP contribution in [0.2, 0.25) is 0 Å². The van der Waals surface area contributed by atoms with Crippen LogP contribution in [-0.2, 0) is 16.0 Å². The number of rotatable bonds is 4. The molecule has 3 amide bonds. The highest BCUT2D eigenvalue weighted by molar-refractivity contribution is 6.27. The van der Waals surface area contributed by atoms with E-state index in [0.717, 1.165) is 10.9 Å². The molecule has 246 valence electrons. The average molecular weight is 642 g/mol. The van der Waals surface area contributed by atoms with Crippen molar-refractivity contribution in [2.45, 2.75) is 59.3 Å². The van der Waals surface area contributed by atoms with E-state index < -0.39 is 29.1 Å². The van der Waals surface area contributed by atoms with Crippen LogP contribution in [0.4, 0.5) is 15.3 Å². The fourth-order valence-corrected chi connectivity index (χ4v) is 5.97. The Bertz CT molecular complexity index is 1900. The van der Waals surface area contributed by atoms with Crippen LogP contribution in [0.5, 0.6) is 0 Å². The van der Waals surface area contributed by atoms with Gasteiger partial charge in [-0.3, -0.25) is 19.8 Å². The summed E-state index contributed by atoms with van der Waals surface area (Å²) in [5.74, 6) is -0.816. The Balaban J connectivity index is 1.40. The van der Waals surface area contributed by atoms with Gasteiger partial charge in [0.1, 0.15) is 17.0 Å². The number of nitrogens with two attached hydrogens (primary N) is 1. The Labute approximate surface area is 272 Å². The van der Waals surface area contributed by atoms with Crippen LogP contribution < -0.4 is 11.1 Å². The number of fused-ring (bicyclic) bond motifs is 2. The summed E-state index contributed by atoms with van der Waals surface area (Å²) in [6.07, 6.45) is 0.543. The molecule has 1 fully saturated rings. The molecule has 3 N–H and O–H groups in total. The van der Waals surface area contributed by atoms with Crippen molar-refractivity contribution in [1.29, 1.82) is 0 Å². The molecule has 0 bridgehead atoms. The summed E-state index contributed by atoms with van der Waals surface area (Å²) in [5.41, 5.74) is 8.00. The Hall–Kier alpha value is -5.10. The molecule has 4 heterocycles. The molecule has 4 aromatic rings. The van der Waals surface area contributed by atoms with Crippen LogP contribution in [0.15, 0.2) is 53.1 Å². The van der Waals surface area contributed by atoms with Gasteiger partial charge >= 0.3 is 12.2 Å². The largest absolute Gasteiger partial charge is 0.464 e. The molecular formula is C35H39N5O7. The number of nitrogens with one attached hydrogen (secondary N) is 1. The zero-order chi connectivity index (χ0) is 33.8. The molecule has 12 heteroatoms. The maximum absolute atomic E-state index is 13.8. The quantitative estimate of drug-likeness (QED) is 0.206. The van der Waals surface area contributed by atoms with Crippen LogP contribution in [-0.4, -0.2) is 75.7 Å². The maximum Gasteiger partial charge on any atom is 0.419 e. The number of hydrogen-bond donors (Lipinski definition) is 2. The average Bonchev–Trinajstić information content (AvgIpc) is 3.70. The van der Waals surface area contributed by atoms with Crippen molar-refractivity contribution >= 4 is 40.6 Å². The Morgan fingerprint density at radius 1 is 0.851 bits per heavy atom. The van der Waals surface area contributed by atoms with E-state index in [1.54, 1.807) is 43.9 Å². The van der Waals surface area contributed by atoms with Gasteiger partial charge in [-0.05, 0) is 83.5 Å². The first kappa shape index (κ1) is 31.9. The second kappa shape index (κ2) is 11.6. The highest BCUT2D eigenvalue weighted by Gasteiger charge is 2.36. The predicted molar refractivity (Wildman–Crippen MR) is 176 cm³/mol. The van der Waals surface area contributed by atoms with Crippen molar-refractivity contribution in [2.75, 3.05) is 31.9 Å². The summed E-state index contributed by atoms with van der Waals surface area (Å²) in [6, 6.07) is 12.7. The Morgan fingerprint density at radius 2 is 1.51 bits per heavy atom. The molecule has 47 heavy (non-hydrogen) atoms. The molecule has 2 aliphatic heterocycles. The molecule has 6 rings (SSSR count). The zero-order valence-electron chi connectivity index (χ0n) is 27.4. The molecule has 2 aromatic carbocycles. The number of hydrogen-bond acceptors (Lipinski definition) is 9. The first-order valence-electron chi connectivity index (χ1n) is 15.5. The lowest BCUT2D eigenvalue weighted by Crippen LogP contribution is -2.49. The summed E-state index contributed by atoms with van der Waals surface area (Å²) >= 11 is 0. The molecule has 0 aliphatic carbocycles. The van der Waals surface area contributed by atoms with Gasteiger partial charge in [0.05, 0.1) is 34.3 Å². The van der Waals surface area contributed by atoms with E-state index in [0.29, 0.717) is 60.8 Å². The number of anilines is 1. The topological polar surface area (TPSA) is 149 Å². The number of piperazine rings is 1. The van der Waals surface area contributed by atoms with Gasteiger partial charge in [0.2, 0.25) is 0 Å². The fraction of sp³-hybridized carbons (Fsp3) is 0.371. The molecule has 0 radical (unpaired) electrons. The van der Waals surface area contributed by atoms with Crippen LogP contribution >= 0.6 is 0 Å². The SMILES string of the molecule is CC(C)(C)OC(=O)N1CCN(Cc2ccc3c(c2)cc(-c2cc(-c4ccco4)c(N)c4c2C(=O)NC4=O)n3C(=O)OC(C)(C)C)CC1. The van der Waals surface area contributed by atoms with Gasteiger partial charge in [0, 0.05) is 49.2 Å². The molecule has 2 aromatic heterocycles. The van der Waals surface area contributed by atoms with Gasteiger partial charge in [-0.2, -0.15) is 0 Å². The van der Waals surface area contributed by atoms with Crippen LogP contribution in [0.25, 0.3) is 33.5 Å². The highest BCUT2D eigenvalue weighted by Crippen LogP contribution is 2.42. The minimum atomic E-state index is -0.804. The van der Waals surface area contributed by atoms with Crippen molar-refractivity contribution in [3.8, 4) is 22.6 Å². The Kier molecular flexibility index (Phi) is 7.87. The fourth-order valence-electron chi connectivity index (χ4n) is 5.97. The second-order valence-electron chi connectivity index (χ2n) is 13.9. The summed E-state index contributed by atoms with van der Waals surface area (Å²) in [4.78, 5) is 56.5. The van der Waals surface area contributed by atoms with Gasteiger partial charge in [0.15, 0.2) is 0 Å². The van der Waals surface area contributed by atoms with E-state index in [1.165, 1.54) is 10.8 Å². The van der Waals surface area contributed by atoms with Crippen LogP contribution in [0, 0.1) is 0 Å². The lowest BCUT2D eigenvalue weighted by atomic mass is 9.93. The van der Waals surface area contributed by atoms with Crippen molar-refractivity contribution in [3.05, 3.63) is 65.4 Å². The van der Waals surface area contributed by atoms with E-state index in [2.05, 4.69) is 10.2 Å². The maximum atomic E-state index is 13.8. The third-order valence-corrected chi connectivity index (χ3v) is 7.98. The minimum Gasteiger partial charge on any atom is -0.464 e. The number of nitrogen functional groups attached to an aromatic ring is 1. The minimum absolute atomic E-state index is 0.0334. The number of carbonyl (C=O) groups is 4. The van der Waals surface area contributed by atoms with Crippen molar-refractivity contribution in [2.24, 2.45) is 0 Å². The summed E-state index contributed by atoms with van der Waals surface area (Å²) in [5, 5.41) is 3.09. The number of furan rings is 1. The number of benzene rings is 2. The monoisotopic (exact) mass is 641 g/mol. The van der Waals surface area contributed by atoms with Gasteiger partial charge in [-0.25, -0.2) is 14.2 Å². The van der Waals surface area contributed by atoms with E-state index in [9.17, 15) is 19.2 Å². The van der Waals surface area contributed by atoms with Crippen molar-refractivity contribution < 1.29 is 33.1 Å². The summed E-state index contributed by atoms with van der Waals surface area (Å²) in [7, 11) is 0. The predicted octanol–water partition coefficient (Wildman–Crippen LogP) is 5.87. The highest BCUT2D eigenvalue weighted by atomic mass is 16.6. The molecule has 2 aliphatic rings. The number of carbonyl (C=O) groups excluding carboxylic acids is 4. The molecule has 1 saturated heterocycles. The molecular weight excluding hydrogens is 602 g/mol. The molecule has 0 unspecified atom stereocenters. The number of amides is 3. The first-order valence-corrected chi connectivity index (χ1v) is 15.5. The lowest BCUT2D eigenvalue weighted by molar-refractivity contribution is 0.0138. The molecule has 0 saturated carbocycles. The zero-order valence-corrected chi connectivity index (χ0v) is 27.4. The normalized spacial score (nSPS) is 15.6. The van der Waals surface area contributed by atoms with Gasteiger partial charge in [-0.1, -0.05) is 6.07 Å². The second-order valence-corrected chi connectivity index (χ2v) is 13.9. The third kappa shape index (κ3) is 6.33. The lowest BCUT2D eigenvalue weighted by Gasteiger charge is -2.35. The first-order chi connectivity index (χ1) is 22.1. The number of nitrogens with zero attached hydrogens (tertiary/aromatic N) is 3. The van der Waals surface area contributed by atoms with Gasteiger partial charge in [0.25, 0.3) is 11.8 Å². The molecule has 12 nitrogen and oxygen atoms in total. The van der Waals surface area contributed by atoms with Gasteiger partial charge < -0.3 is 24.5 Å². The standard InChI is InChI=1S/C35H39N5O7/c1-34(2,3)46-32(43)39-13-11-38(12-14-39)19-20-9-10-24-21(16-20)17-25(40(24)33(44)47-35(4,5)6)22-18-23(26-8-7-15-45-26)29(36)28-27(22)30(41)37-31(28)42/h7-10,15-18H,11-14,19,36H2,1-6H3,(H,37,41,42). The molecule has 0 atom stereocenters. The van der Waals surface area contributed by atoms with Crippen LogP contribution in [0.1, 0.15) is 67.8 Å². The van der Waals surface area contributed by atoms with E-state index in [-0.39, 0.29) is 22.9 Å². The van der Waals surface area contributed by atoms with E-state index >= 15 is 0 Å². The third-order valence-electron chi connectivity index (χ3n) is 7.98. The summed E-state index contributed by atoms with van der Waals surface area (Å²) in [6.45, 7) is 14.0. The van der Waals surface area contributed by atoms with Gasteiger partial charge in [-0.15, -0.1) is 0 Å². The van der Waals surface area contributed by atoms with Crippen molar-refractivity contribution in [3.63, 3.8) is 0 Å². The number of ether oxygens (including phenoxy) is 2. The number of imide groups is 1. The van der Waals surface area contributed by atoms with Crippen molar-refractivity contribution in [1.82, 2.24) is 19.7 Å². The summed E-state index contributed by atoms with van der Waals surface area (Å²) < 4.78 is 18.4. The smallest absolute Gasteiger partial charge is 0.419 e. The Morgan fingerprint density at radius 3 is 2.15 bits per heavy atom. The van der Waals surface area contributed by atoms with E-state index in [1.807, 2.05) is 45.0 Å².